The molecule has 0 fully saturated rings. The van der Waals surface area contributed by atoms with E-state index in [1.165, 1.54) is 23.8 Å². The summed E-state index contributed by atoms with van der Waals surface area (Å²) in [7, 11) is 1.55. The number of benzene rings is 2. The maximum absolute atomic E-state index is 12.9. The Kier molecular flexibility index (Phi) is 7.56. The molecule has 7 heteroatoms. The van der Waals surface area contributed by atoms with Crippen molar-refractivity contribution in [2.75, 3.05) is 26.8 Å². The van der Waals surface area contributed by atoms with Crippen LogP contribution in [0.1, 0.15) is 22.3 Å². The highest BCUT2D eigenvalue weighted by atomic mass is 35.5. The Morgan fingerprint density at radius 3 is 2.58 bits per heavy atom. The third-order valence-corrected chi connectivity index (χ3v) is 4.21. The number of nitro groups is 1. The molecule has 0 aliphatic heterocycles. The maximum Gasteiger partial charge on any atom is 0.283 e. The van der Waals surface area contributed by atoms with Crippen molar-refractivity contribution < 1.29 is 14.5 Å². The molecule has 6 nitrogen and oxygen atoms in total. The molecule has 0 aromatic heterocycles. The highest BCUT2D eigenvalue weighted by Gasteiger charge is 2.24. The molecule has 138 valence electrons. The van der Waals surface area contributed by atoms with Crippen molar-refractivity contribution in [3.63, 3.8) is 0 Å². The molecule has 0 saturated carbocycles. The smallest absolute Gasteiger partial charge is 0.283 e. The molecule has 0 heterocycles. The van der Waals surface area contributed by atoms with Gasteiger partial charge in [-0.15, -0.1) is 0 Å². The highest BCUT2D eigenvalue weighted by molar-refractivity contribution is 6.31. The van der Waals surface area contributed by atoms with Gasteiger partial charge >= 0.3 is 0 Å². The van der Waals surface area contributed by atoms with Gasteiger partial charge in [-0.25, -0.2) is 0 Å². The lowest BCUT2D eigenvalue weighted by Gasteiger charge is -2.22. The summed E-state index contributed by atoms with van der Waals surface area (Å²) in [5.41, 5.74) is 0.937. The maximum atomic E-state index is 12.9. The molecule has 0 N–H and O–H groups in total. The van der Waals surface area contributed by atoms with Crippen LogP contribution in [0.3, 0.4) is 0 Å². The second-order valence-electron chi connectivity index (χ2n) is 5.79. The summed E-state index contributed by atoms with van der Waals surface area (Å²) in [4.78, 5) is 25.1. The minimum atomic E-state index is -0.586. The zero-order chi connectivity index (χ0) is 18.9. The Labute approximate surface area is 157 Å². The lowest BCUT2D eigenvalue weighted by molar-refractivity contribution is -0.385. The van der Waals surface area contributed by atoms with Crippen LogP contribution in [0.25, 0.3) is 0 Å². The molecule has 2 aromatic carbocycles. The van der Waals surface area contributed by atoms with Crippen LogP contribution >= 0.6 is 11.6 Å². The van der Waals surface area contributed by atoms with Crippen molar-refractivity contribution in [2.45, 2.75) is 12.8 Å². The van der Waals surface area contributed by atoms with Gasteiger partial charge in [0.15, 0.2) is 0 Å². The van der Waals surface area contributed by atoms with E-state index in [1.54, 1.807) is 12.0 Å². The van der Waals surface area contributed by atoms with Crippen molar-refractivity contribution in [3.8, 4) is 0 Å². The molecular formula is C19H21ClN2O4. The highest BCUT2D eigenvalue weighted by Crippen LogP contribution is 2.24. The molecular weight excluding hydrogens is 356 g/mol. The van der Waals surface area contributed by atoms with Crippen molar-refractivity contribution >= 4 is 23.2 Å². The lowest BCUT2D eigenvalue weighted by Crippen LogP contribution is -2.35. The summed E-state index contributed by atoms with van der Waals surface area (Å²) in [5, 5.41) is 11.5. The largest absolute Gasteiger partial charge is 0.383 e. The van der Waals surface area contributed by atoms with E-state index in [2.05, 4.69) is 0 Å². The molecule has 0 aliphatic carbocycles. The van der Waals surface area contributed by atoms with Crippen LogP contribution in [0.4, 0.5) is 5.69 Å². The molecule has 0 bridgehead atoms. The number of rotatable bonds is 9. The van der Waals surface area contributed by atoms with Crippen LogP contribution in [0, 0.1) is 10.1 Å². The Bertz CT molecular complexity index is 752. The first-order valence-corrected chi connectivity index (χ1v) is 8.67. The molecule has 0 radical (unpaired) electrons. The van der Waals surface area contributed by atoms with Crippen LogP contribution in [-0.4, -0.2) is 42.5 Å². The minimum Gasteiger partial charge on any atom is -0.383 e. The van der Waals surface area contributed by atoms with Crippen molar-refractivity contribution in [1.82, 2.24) is 4.90 Å². The van der Waals surface area contributed by atoms with Gasteiger partial charge in [0.05, 0.1) is 11.5 Å². The predicted molar refractivity (Wildman–Crippen MR) is 101 cm³/mol. The first-order chi connectivity index (χ1) is 12.5. The number of nitrogens with zero attached hydrogens (tertiary/aromatic N) is 2. The third kappa shape index (κ3) is 5.54. The van der Waals surface area contributed by atoms with Crippen LogP contribution in [0.2, 0.25) is 5.02 Å². The van der Waals surface area contributed by atoms with E-state index in [0.717, 1.165) is 12.8 Å². The Morgan fingerprint density at radius 1 is 1.19 bits per heavy atom. The van der Waals surface area contributed by atoms with Gasteiger partial charge in [-0.1, -0.05) is 41.9 Å². The van der Waals surface area contributed by atoms with Gasteiger partial charge in [-0.2, -0.15) is 0 Å². The van der Waals surface area contributed by atoms with E-state index in [-0.39, 0.29) is 16.3 Å². The summed E-state index contributed by atoms with van der Waals surface area (Å²) in [6.07, 6.45) is 1.57. The second kappa shape index (κ2) is 9.89. The van der Waals surface area contributed by atoms with E-state index in [9.17, 15) is 14.9 Å². The number of aryl methyl sites for hydroxylation is 1. The van der Waals surface area contributed by atoms with Gasteiger partial charge in [-0.3, -0.25) is 14.9 Å². The van der Waals surface area contributed by atoms with E-state index in [4.69, 9.17) is 16.3 Å². The molecule has 26 heavy (non-hydrogen) atoms. The molecule has 0 spiro atoms. The Balaban J connectivity index is 2.12. The molecule has 0 unspecified atom stereocenters. The van der Waals surface area contributed by atoms with Crippen LogP contribution in [0.5, 0.6) is 0 Å². The fourth-order valence-electron chi connectivity index (χ4n) is 2.64. The monoisotopic (exact) mass is 376 g/mol. The van der Waals surface area contributed by atoms with E-state index in [0.29, 0.717) is 19.7 Å². The molecule has 0 atom stereocenters. The summed E-state index contributed by atoms with van der Waals surface area (Å²) < 4.78 is 5.07. The summed E-state index contributed by atoms with van der Waals surface area (Å²) in [6, 6.07) is 14.1. The van der Waals surface area contributed by atoms with Gasteiger partial charge in [-0.05, 0) is 30.5 Å². The van der Waals surface area contributed by atoms with Gasteiger partial charge in [0.25, 0.3) is 11.6 Å². The number of carbonyl (C=O) groups excluding carboxylic acids is 1. The van der Waals surface area contributed by atoms with E-state index < -0.39 is 10.8 Å². The molecule has 2 aromatic rings. The van der Waals surface area contributed by atoms with Crippen molar-refractivity contribution in [2.24, 2.45) is 0 Å². The van der Waals surface area contributed by atoms with Gasteiger partial charge in [0.2, 0.25) is 0 Å². The zero-order valence-corrected chi connectivity index (χ0v) is 15.3. The van der Waals surface area contributed by atoms with Crippen molar-refractivity contribution in [1.29, 1.82) is 0 Å². The Hall–Kier alpha value is -2.44. The first-order valence-electron chi connectivity index (χ1n) is 8.29. The minimum absolute atomic E-state index is 0.0372. The number of methoxy groups -OCH3 is 1. The van der Waals surface area contributed by atoms with Crippen molar-refractivity contribution in [3.05, 3.63) is 74.8 Å². The predicted octanol–water partition coefficient (Wildman–Crippen LogP) is 3.97. The molecule has 2 rings (SSSR count). The number of nitro benzene ring substituents is 1. The normalized spacial score (nSPS) is 10.5. The van der Waals surface area contributed by atoms with Crippen LogP contribution in [0.15, 0.2) is 48.5 Å². The number of ether oxygens (including phenoxy) is 1. The number of amides is 1. The van der Waals surface area contributed by atoms with Gasteiger partial charge in [0.1, 0.15) is 5.56 Å². The van der Waals surface area contributed by atoms with E-state index in [1.807, 2.05) is 30.3 Å². The number of hydrogen-bond acceptors (Lipinski definition) is 4. The topological polar surface area (TPSA) is 72.7 Å². The first kappa shape index (κ1) is 19.9. The Morgan fingerprint density at radius 2 is 1.92 bits per heavy atom. The molecule has 1 amide bonds. The molecule has 0 saturated heterocycles. The number of carbonyl (C=O) groups is 1. The van der Waals surface area contributed by atoms with Crippen LogP contribution < -0.4 is 0 Å². The number of halogens is 1. The van der Waals surface area contributed by atoms with Gasteiger partial charge < -0.3 is 9.64 Å². The fraction of sp³-hybridized carbons (Fsp3) is 0.316. The van der Waals surface area contributed by atoms with Gasteiger partial charge in [0, 0.05) is 31.3 Å². The average molecular weight is 377 g/mol. The number of hydrogen-bond donors (Lipinski definition) is 0. The average Bonchev–Trinajstić information content (AvgIpc) is 2.64. The van der Waals surface area contributed by atoms with Crippen LogP contribution in [-0.2, 0) is 11.2 Å². The molecule has 0 aliphatic rings. The fourth-order valence-corrected chi connectivity index (χ4v) is 2.81. The quantitative estimate of drug-likeness (QED) is 0.490. The lowest BCUT2D eigenvalue weighted by atomic mass is 10.1. The SMILES string of the molecule is COCCN(CCCc1ccccc1)C(=O)c1ccc(Cl)cc1[N+](=O)[O-]. The standard InChI is InChI=1S/C19H21ClN2O4/c1-26-13-12-21(11-5-8-15-6-3-2-4-7-15)19(23)17-10-9-16(20)14-18(17)22(24)25/h2-4,6-7,9-10,14H,5,8,11-13H2,1H3. The summed E-state index contributed by atoms with van der Waals surface area (Å²) in [6.45, 7) is 1.21. The third-order valence-electron chi connectivity index (χ3n) is 3.98. The summed E-state index contributed by atoms with van der Waals surface area (Å²) in [5.74, 6) is -0.390. The zero-order valence-electron chi connectivity index (χ0n) is 14.6. The summed E-state index contributed by atoms with van der Waals surface area (Å²) >= 11 is 5.83. The second-order valence-corrected chi connectivity index (χ2v) is 6.23. The van der Waals surface area contributed by atoms with E-state index >= 15 is 0 Å².